The molecule has 5 nitrogen and oxygen atoms in total. The van der Waals surface area contributed by atoms with Crippen LogP contribution in [0.3, 0.4) is 0 Å². The molecule has 28 heavy (non-hydrogen) atoms. The molecule has 0 saturated carbocycles. The van der Waals surface area contributed by atoms with Crippen LogP contribution in [-0.2, 0) is 16.4 Å². The normalized spacial score (nSPS) is 11.6. The van der Waals surface area contributed by atoms with Crippen LogP contribution in [0.4, 0.5) is 0 Å². The smallest absolute Gasteiger partial charge is 0.176 e. The van der Waals surface area contributed by atoms with Gasteiger partial charge in [0.15, 0.2) is 9.84 Å². The van der Waals surface area contributed by atoms with Gasteiger partial charge in [0.2, 0.25) is 0 Å². The highest BCUT2D eigenvalue weighted by Gasteiger charge is 2.15. The van der Waals surface area contributed by atoms with E-state index in [2.05, 4.69) is 25.9 Å². The number of nitrogens with zero attached hydrogens (tertiary/aromatic N) is 1. The Balaban J connectivity index is 1.63. The summed E-state index contributed by atoms with van der Waals surface area (Å²) in [6, 6.07) is 20.3. The Bertz CT molecular complexity index is 1250. The van der Waals surface area contributed by atoms with Crippen LogP contribution in [0.5, 0.6) is 5.75 Å². The summed E-state index contributed by atoms with van der Waals surface area (Å²) < 4.78 is 30.9. The number of nitrogens with one attached hydrogen (secondary N) is 1. The van der Waals surface area contributed by atoms with Gasteiger partial charge in [-0.3, -0.25) is 0 Å². The van der Waals surface area contributed by atoms with Gasteiger partial charge in [0.25, 0.3) is 0 Å². The molecule has 0 radical (unpaired) electrons. The number of H-pyrrole nitrogens is 1. The van der Waals surface area contributed by atoms with Gasteiger partial charge < -0.3 is 9.72 Å². The largest absolute Gasteiger partial charge is 0.486 e. The number of ether oxygens (including phenoxy) is 1. The number of hydrogen-bond acceptors (Lipinski definition) is 4. The second-order valence-electron chi connectivity index (χ2n) is 6.43. The summed E-state index contributed by atoms with van der Waals surface area (Å²) in [6.45, 7) is 0.311. The summed E-state index contributed by atoms with van der Waals surface area (Å²) in [6.07, 6.45) is 1.22. The molecule has 0 amide bonds. The van der Waals surface area contributed by atoms with Crippen molar-refractivity contribution in [1.82, 2.24) is 9.97 Å². The second-order valence-corrected chi connectivity index (χ2v) is 9.33. The van der Waals surface area contributed by atoms with Crippen LogP contribution in [0.15, 0.2) is 76.1 Å². The number of benzene rings is 3. The number of hydrogen-bond donors (Lipinski definition) is 1. The summed E-state index contributed by atoms with van der Waals surface area (Å²) in [4.78, 5) is 8.13. The first-order valence-electron chi connectivity index (χ1n) is 8.57. The highest BCUT2D eigenvalue weighted by molar-refractivity contribution is 9.10. The van der Waals surface area contributed by atoms with Crippen molar-refractivity contribution in [3.63, 3.8) is 0 Å². The third-order valence-electron chi connectivity index (χ3n) is 4.32. The van der Waals surface area contributed by atoms with Gasteiger partial charge in [0.1, 0.15) is 18.2 Å². The van der Waals surface area contributed by atoms with Crippen molar-refractivity contribution in [2.24, 2.45) is 0 Å². The van der Waals surface area contributed by atoms with E-state index in [9.17, 15) is 8.42 Å². The zero-order chi connectivity index (χ0) is 19.7. The molecule has 0 unspecified atom stereocenters. The molecule has 1 heterocycles. The third kappa shape index (κ3) is 3.95. The molecule has 0 aliphatic rings. The van der Waals surface area contributed by atoms with Crippen molar-refractivity contribution in [3.8, 4) is 16.9 Å². The molecule has 1 N–H and O–H groups in total. The Labute approximate surface area is 171 Å². The van der Waals surface area contributed by atoms with Gasteiger partial charge in [0, 0.05) is 16.3 Å². The molecule has 1 aromatic heterocycles. The fourth-order valence-electron chi connectivity index (χ4n) is 3.01. The van der Waals surface area contributed by atoms with Crippen molar-refractivity contribution >= 4 is 36.8 Å². The van der Waals surface area contributed by atoms with Crippen molar-refractivity contribution in [3.05, 3.63) is 77.0 Å². The lowest BCUT2D eigenvalue weighted by Crippen LogP contribution is -1.99. The van der Waals surface area contributed by atoms with Gasteiger partial charge in [-0.1, -0.05) is 40.2 Å². The lowest BCUT2D eigenvalue weighted by Gasteiger charge is -2.07. The maximum Gasteiger partial charge on any atom is 0.176 e. The van der Waals surface area contributed by atoms with Crippen LogP contribution < -0.4 is 4.74 Å². The molecule has 0 aliphatic heterocycles. The lowest BCUT2D eigenvalue weighted by atomic mass is 10.1. The third-order valence-corrected chi connectivity index (χ3v) is 6.00. The summed E-state index contributed by atoms with van der Waals surface area (Å²) in [5.41, 5.74) is 3.10. The number of imidazole rings is 1. The molecule has 4 aromatic rings. The average molecular weight is 457 g/mol. The fraction of sp³-hybridized carbons (Fsp3) is 0.0952. The molecule has 0 spiro atoms. The van der Waals surface area contributed by atoms with Crippen LogP contribution in [0.1, 0.15) is 5.82 Å². The van der Waals surface area contributed by atoms with E-state index in [1.165, 1.54) is 6.26 Å². The van der Waals surface area contributed by atoms with Crippen LogP contribution in [0.25, 0.3) is 22.2 Å². The molecule has 0 saturated heterocycles. The first-order chi connectivity index (χ1) is 13.4. The molecule has 142 valence electrons. The van der Waals surface area contributed by atoms with Gasteiger partial charge in [-0.15, -0.1) is 0 Å². The van der Waals surface area contributed by atoms with E-state index in [1.54, 1.807) is 12.1 Å². The Hall–Kier alpha value is -2.64. The summed E-state index contributed by atoms with van der Waals surface area (Å²) >= 11 is 3.40. The first-order valence-corrected chi connectivity index (χ1v) is 11.2. The van der Waals surface area contributed by atoms with E-state index in [-0.39, 0.29) is 0 Å². The van der Waals surface area contributed by atoms with Crippen molar-refractivity contribution in [2.75, 3.05) is 6.26 Å². The predicted molar refractivity (Wildman–Crippen MR) is 113 cm³/mol. The van der Waals surface area contributed by atoms with E-state index >= 15 is 0 Å². The maximum atomic E-state index is 12.1. The van der Waals surface area contributed by atoms with E-state index < -0.39 is 9.84 Å². The van der Waals surface area contributed by atoms with Gasteiger partial charge >= 0.3 is 0 Å². The van der Waals surface area contributed by atoms with Crippen LogP contribution >= 0.6 is 15.9 Å². The number of aromatic nitrogens is 2. The quantitative estimate of drug-likeness (QED) is 0.459. The summed E-state index contributed by atoms with van der Waals surface area (Å²) in [5.74, 6) is 1.46. The number of sulfone groups is 1. The van der Waals surface area contributed by atoms with Crippen molar-refractivity contribution in [1.29, 1.82) is 0 Å². The standard InChI is InChI=1S/C21H17BrN2O3S/c1-28(25,26)20-5-3-2-4-17(20)14-6-11-18-19(12-14)24-21(23-18)13-27-16-9-7-15(22)8-10-16/h2-12H,13H2,1H3,(H,23,24). The molecule has 0 aliphatic carbocycles. The number of rotatable bonds is 5. The zero-order valence-corrected chi connectivity index (χ0v) is 17.4. The zero-order valence-electron chi connectivity index (χ0n) is 15.0. The van der Waals surface area contributed by atoms with Gasteiger partial charge in [-0.05, 0) is 48.0 Å². The van der Waals surface area contributed by atoms with Crippen LogP contribution in [-0.4, -0.2) is 24.6 Å². The highest BCUT2D eigenvalue weighted by atomic mass is 79.9. The molecule has 0 fully saturated rings. The SMILES string of the molecule is CS(=O)(=O)c1ccccc1-c1ccc2[nH]c(COc3ccc(Br)cc3)nc2c1. The van der Waals surface area contributed by atoms with Crippen LogP contribution in [0, 0.1) is 0 Å². The van der Waals surface area contributed by atoms with E-state index in [1.807, 2.05) is 54.6 Å². The molecular weight excluding hydrogens is 440 g/mol. The van der Waals surface area contributed by atoms with Gasteiger partial charge in [-0.2, -0.15) is 0 Å². The van der Waals surface area contributed by atoms with Gasteiger partial charge in [0.05, 0.1) is 15.9 Å². The number of fused-ring (bicyclic) bond motifs is 1. The minimum Gasteiger partial charge on any atom is -0.486 e. The average Bonchev–Trinajstić information content (AvgIpc) is 3.09. The monoisotopic (exact) mass is 456 g/mol. The molecule has 3 aromatic carbocycles. The fourth-order valence-corrected chi connectivity index (χ4v) is 4.18. The topological polar surface area (TPSA) is 72.0 Å². The Morgan fingerprint density at radius 1 is 1.04 bits per heavy atom. The number of halogens is 1. The minimum absolute atomic E-state index is 0.309. The van der Waals surface area contributed by atoms with E-state index in [0.29, 0.717) is 22.9 Å². The predicted octanol–water partition coefficient (Wildman–Crippen LogP) is 4.97. The molecule has 0 atom stereocenters. The maximum absolute atomic E-state index is 12.1. The van der Waals surface area contributed by atoms with E-state index in [0.717, 1.165) is 26.8 Å². The van der Waals surface area contributed by atoms with Gasteiger partial charge in [-0.25, -0.2) is 13.4 Å². The highest BCUT2D eigenvalue weighted by Crippen LogP contribution is 2.29. The Kier molecular flexibility index (Phi) is 4.95. The summed E-state index contributed by atoms with van der Waals surface area (Å²) in [5, 5.41) is 0. The first kappa shape index (κ1) is 18.7. The molecular formula is C21H17BrN2O3S. The molecule has 4 rings (SSSR count). The second kappa shape index (κ2) is 7.41. The van der Waals surface area contributed by atoms with Crippen LogP contribution in [0.2, 0.25) is 0 Å². The molecule has 0 bridgehead atoms. The summed E-state index contributed by atoms with van der Waals surface area (Å²) in [7, 11) is -3.32. The Morgan fingerprint density at radius 2 is 1.79 bits per heavy atom. The lowest BCUT2D eigenvalue weighted by molar-refractivity contribution is 0.297. The van der Waals surface area contributed by atoms with E-state index in [4.69, 9.17) is 4.74 Å². The Morgan fingerprint density at radius 3 is 2.54 bits per heavy atom. The van der Waals surface area contributed by atoms with Crippen molar-refractivity contribution < 1.29 is 13.2 Å². The molecule has 7 heteroatoms. The minimum atomic E-state index is -3.32. The number of aromatic amines is 1. The van der Waals surface area contributed by atoms with Crippen molar-refractivity contribution in [2.45, 2.75) is 11.5 Å².